The third-order valence-electron chi connectivity index (χ3n) is 4.01. The van der Waals surface area contributed by atoms with Crippen LogP contribution in [0.15, 0.2) is 33.6 Å². The molecule has 1 aliphatic heterocycles. The smallest absolute Gasteiger partial charge is 0.323 e. The predicted molar refractivity (Wildman–Crippen MR) is 92.9 cm³/mol. The van der Waals surface area contributed by atoms with Crippen molar-refractivity contribution in [2.24, 2.45) is 10.9 Å². The average Bonchev–Trinajstić information content (AvgIpc) is 3.01. The lowest BCUT2D eigenvalue weighted by Crippen LogP contribution is -2.25. The molecule has 0 saturated carbocycles. The maximum atomic E-state index is 12.7. The first kappa shape index (κ1) is 16.8. The highest BCUT2D eigenvalue weighted by Crippen LogP contribution is 2.24. The van der Waals surface area contributed by atoms with Crippen molar-refractivity contribution in [3.8, 4) is 5.88 Å². The fourth-order valence-corrected chi connectivity index (χ4v) is 3.84. The van der Waals surface area contributed by atoms with Gasteiger partial charge >= 0.3 is 5.16 Å². The number of nitrogens with zero attached hydrogens (tertiary/aromatic N) is 3. The van der Waals surface area contributed by atoms with Crippen molar-refractivity contribution in [1.29, 1.82) is 0 Å². The molecule has 0 radical (unpaired) electrons. The SMILES string of the molecule is COC1=C(C)C(C[S+]([O-])c2nc3ccc(OC)nc3[nH]2)=NCC1C. The fraction of sp³-hybridized carbons (Fsp3) is 0.438. The van der Waals surface area contributed by atoms with Gasteiger partial charge in [0.1, 0.15) is 11.3 Å². The second-order valence-electron chi connectivity index (χ2n) is 5.63. The normalized spacial score (nSPS) is 19.4. The molecule has 8 heteroatoms. The third-order valence-corrected chi connectivity index (χ3v) is 5.17. The van der Waals surface area contributed by atoms with Crippen LogP contribution < -0.4 is 4.74 Å². The van der Waals surface area contributed by atoms with E-state index >= 15 is 0 Å². The van der Waals surface area contributed by atoms with Gasteiger partial charge in [0.05, 0.1) is 19.9 Å². The first-order valence-corrected chi connectivity index (χ1v) is 8.93. The van der Waals surface area contributed by atoms with Gasteiger partial charge in [-0.3, -0.25) is 9.98 Å². The Labute approximate surface area is 143 Å². The molecule has 0 saturated heterocycles. The van der Waals surface area contributed by atoms with Crippen molar-refractivity contribution >= 4 is 28.1 Å². The first-order valence-electron chi connectivity index (χ1n) is 7.61. The molecule has 128 valence electrons. The Hall–Kier alpha value is -2.06. The fourth-order valence-electron chi connectivity index (χ4n) is 2.74. The van der Waals surface area contributed by atoms with E-state index in [1.54, 1.807) is 26.4 Å². The molecule has 0 bridgehead atoms. The number of allylic oxidation sites excluding steroid dienone is 1. The number of hydrogen-bond donors (Lipinski definition) is 1. The number of imidazole rings is 1. The summed E-state index contributed by atoms with van der Waals surface area (Å²) in [6, 6.07) is 3.51. The monoisotopic (exact) mass is 348 g/mol. The van der Waals surface area contributed by atoms with Crippen molar-refractivity contribution in [1.82, 2.24) is 15.0 Å². The molecule has 0 aromatic carbocycles. The minimum atomic E-state index is -1.34. The highest BCUT2D eigenvalue weighted by Gasteiger charge is 2.26. The van der Waals surface area contributed by atoms with Crippen molar-refractivity contribution in [3.63, 3.8) is 0 Å². The molecule has 0 amide bonds. The maximum Gasteiger partial charge on any atom is 0.323 e. The molecule has 2 atom stereocenters. The van der Waals surface area contributed by atoms with Gasteiger partial charge in [-0.05, 0) is 13.0 Å². The molecule has 0 fully saturated rings. The van der Waals surface area contributed by atoms with E-state index < -0.39 is 11.2 Å². The molecule has 3 rings (SSSR count). The standard InChI is InChI=1S/C16H20N4O3S/c1-9-7-17-12(10(2)14(9)23-4)8-24(21)16-18-11-5-6-13(22-3)19-15(11)20-16/h5-6,9H,7-8H2,1-4H3,(H,18,19,20). The van der Waals surface area contributed by atoms with Gasteiger partial charge < -0.3 is 14.0 Å². The van der Waals surface area contributed by atoms with E-state index in [9.17, 15) is 4.55 Å². The quantitative estimate of drug-likeness (QED) is 0.835. The van der Waals surface area contributed by atoms with E-state index in [1.807, 2.05) is 6.92 Å². The highest BCUT2D eigenvalue weighted by atomic mass is 32.2. The molecule has 24 heavy (non-hydrogen) atoms. The third kappa shape index (κ3) is 3.11. The van der Waals surface area contributed by atoms with E-state index in [2.05, 4.69) is 26.9 Å². The van der Waals surface area contributed by atoms with Crippen LogP contribution in [0.1, 0.15) is 13.8 Å². The Kier molecular flexibility index (Phi) is 4.77. The van der Waals surface area contributed by atoms with E-state index in [-0.39, 0.29) is 5.92 Å². The van der Waals surface area contributed by atoms with E-state index in [1.165, 1.54) is 0 Å². The highest BCUT2D eigenvalue weighted by molar-refractivity contribution is 7.92. The van der Waals surface area contributed by atoms with Crippen LogP contribution in [-0.4, -0.2) is 51.7 Å². The summed E-state index contributed by atoms with van der Waals surface area (Å²) < 4.78 is 23.2. The van der Waals surface area contributed by atoms with Gasteiger partial charge in [-0.2, -0.15) is 9.97 Å². The Morgan fingerprint density at radius 3 is 2.79 bits per heavy atom. The van der Waals surface area contributed by atoms with Gasteiger partial charge in [-0.25, -0.2) is 0 Å². The van der Waals surface area contributed by atoms with Crippen molar-refractivity contribution in [2.75, 3.05) is 26.5 Å². The summed E-state index contributed by atoms with van der Waals surface area (Å²) in [6.07, 6.45) is 0. The molecule has 1 N–H and O–H groups in total. The number of hydrogen-bond acceptors (Lipinski definition) is 6. The van der Waals surface area contributed by atoms with Crippen molar-refractivity contribution in [3.05, 3.63) is 23.5 Å². The molecule has 3 heterocycles. The van der Waals surface area contributed by atoms with Gasteiger partial charge in [0.15, 0.2) is 11.4 Å². The second-order valence-corrected chi connectivity index (χ2v) is 7.00. The number of aromatic nitrogens is 3. The van der Waals surface area contributed by atoms with Crippen molar-refractivity contribution < 1.29 is 14.0 Å². The molecule has 0 spiro atoms. The number of pyridine rings is 1. The molecule has 1 aliphatic rings. The summed E-state index contributed by atoms with van der Waals surface area (Å²) in [4.78, 5) is 16.2. The number of aromatic amines is 1. The Morgan fingerprint density at radius 2 is 2.08 bits per heavy atom. The molecule has 2 aromatic heterocycles. The first-order chi connectivity index (χ1) is 11.5. The zero-order chi connectivity index (χ0) is 17.3. The summed E-state index contributed by atoms with van der Waals surface area (Å²) in [6.45, 7) is 4.67. The molecule has 2 aromatic rings. The minimum Gasteiger partial charge on any atom is -0.609 e. The van der Waals surface area contributed by atoms with Crippen LogP contribution in [0.3, 0.4) is 0 Å². The number of dihydropyridines is 1. The number of nitrogens with one attached hydrogen (secondary N) is 1. The Morgan fingerprint density at radius 1 is 1.29 bits per heavy atom. The van der Waals surface area contributed by atoms with Crippen LogP contribution in [0, 0.1) is 5.92 Å². The van der Waals surface area contributed by atoms with Crippen LogP contribution in [0.2, 0.25) is 0 Å². The summed E-state index contributed by atoms with van der Waals surface area (Å²) >= 11 is -1.34. The minimum absolute atomic E-state index is 0.245. The van der Waals surface area contributed by atoms with Crippen molar-refractivity contribution in [2.45, 2.75) is 19.0 Å². The largest absolute Gasteiger partial charge is 0.609 e. The Balaban J connectivity index is 1.82. The molecular weight excluding hydrogens is 328 g/mol. The maximum absolute atomic E-state index is 12.7. The van der Waals surface area contributed by atoms with E-state index in [0.29, 0.717) is 34.5 Å². The lowest BCUT2D eigenvalue weighted by Gasteiger charge is -2.22. The van der Waals surface area contributed by atoms with Gasteiger partial charge in [0.2, 0.25) is 5.88 Å². The summed E-state index contributed by atoms with van der Waals surface area (Å²) in [5.41, 5.74) is 2.97. The van der Waals surface area contributed by atoms with Crippen LogP contribution in [0.25, 0.3) is 11.2 Å². The average molecular weight is 348 g/mol. The second kappa shape index (κ2) is 6.82. The number of aliphatic imine (C=N–C) groups is 1. The topological polar surface area (TPSA) is 95.5 Å². The molecule has 2 unspecified atom stereocenters. The number of methoxy groups -OCH3 is 2. The van der Waals surface area contributed by atoms with Crippen LogP contribution in [0.5, 0.6) is 5.88 Å². The van der Waals surface area contributed by atoms with Gasteiger partial charge in [0, 0.05) is 35.3 Å². The van der Waals surface area contributed by atoms with Gasteiger partial charge in [-0.1, -0.05) is 6.92 Å². The van der Waals surface area contributed by atoms with Crippen LogP contribution in [-0.2, 0) is 15.9 Å². The van der Waals surface area contributed by atoms with Gasteiger partial charge in [0.25, 0.3) is 0 Å². The van der Waals surface area contributed by atoms with Crippen LogP contribution in [0.4, 0.5) is 0 Å². The number of H-pyrrole nitrogens is 1. The van der Waals surface area contributed by atoms with Crippen LogP contribution >= 0.6 is 0 Å². The lowest BCUT2D eigenvalue weighted by atomic mass is 9.99. The molecular formula is C16H20N4O3S. The van der Waals surface area contributed by atoms with E-state index in [0.717, 1.165) is 17.0 Å². The number of fused-ring (bicyclic) bond motifs is 1. The lowest BCUT2D eigenvalue weighted by molar-refractivity contribution is 0.244. The number of rotatable bonds is 5. The zero-order valence-corrected chi connectivity index (χ0v) is 14.9. The van der Waals surface area contributed by atoms with Gasteiger partial charge in [-0.15, -0.1) is 0 Å². The number of ether oxygens (including phenoxy) is 2. The molecule has 0 aliphatic carbocycles. The Bertz CT molecular complexity index is 815. The molecule has 7 nitrogen and oxygen atoms in total. The summed E-state index contributed by atoms with van der Waals surface area (Å²) in [5.74, 6) is 1.93. The summed E-state index contributed by atoms with van der Waals surface area (Å²) in [7, 11) is 3.21. The predicted octanol–water partition coefficient (Wildman–Crippen LogP) is 2.09. The summed E-state index contributed by atoms with van der Waals surface area (Å²) in [5, 5.41) is 0.388. The van der Waals surface area contributed by atoms with E-state index in [4.69, 9.17) is 9.47 Å². The zero-order valence-electron chi connectivity index (χ0n) is 14.1.